The van der Waals surface area contributed by atoms with Gasteiger partial charge in [0.05, 0.1) is 0 Å². The Morgan fingerprint density at radius 2 is 2.00 bits per heavy atom. The topological polar surface area (TPSA) is 3.24 Å². The van der Waals surface area contributed by atoms with Crippen LogP contribution in [0.4, 0.5) is 10.1 Å². The molecule has 1 heterocycles. The van der Waals surface area contributed by atoms with Crippen LogP contribution in [-0.4, -0.2) is 13.1 Å². The van der Waals surface area contributed by atoms with Gasteiger partial charge in [0.25, 0.3) is 0 Å². The van der Waals surface area contributed by atoms with E-state index in [1.807, 2.05) is 12.1 Å². The van der Waals surface area contributed by atoms with E-state index in [1.54, 1.807) is 0 Å². The first-order valence-electron chi connectivity index (χ1n) is 4.76. The average Bonchev–Trinajstić information content (AvgIpc) is 2.53. The predicted molar refractivity (Wildman–Crippen MR) is 52.4 cm³/mol. The lowest BCUT2D eigenvalue weighted by molar-refractivity contribution is 0.627. The van der Waals surface area contributed by atoms with E-state index in [2.05, 4.69) is 11.8 Å². The van der Waals surface area contributed by atoms with Crippen LogP contribution in [0.15, 0.2) is 24.3 Å². The van der Waals surface area contributed by atoms with Gasteiger partial charge >= 0.3 is 0 Å². The Hall–Kier alpha value is -1.05. The van der Waals surface area contributed by atoms with Gasteiger partial charge in [0.1, 0.15) is 5.82 Å². The summed E-state index contributed by atoms with van der Waals surface area (Å²) >= 11 is 0. The third kappa shape index (κ3) is 1.82. The van der Waals surface area contributed by atoms with E-state index in [4.69, 9.17) is 0 Å². The highest BCUT2D eigenvalue weighted by Crippen LogP contribution is 2.23. The van der Waals surface area contributed by atoms with E-state index < -0.39 is 0 Å². The van der Waals surface area contributed by atoms with Crippen LogP contribution in [0.25, 0.3) is 0 Å². The van der Waals surface area contributed by atoms with Gasteiger partial charge in [-0.15, -0.1) is 0 Å². The van der Waals surface area contributed by atoms with Gasteiger partial charge in [-0.1, -0.05) is 6.92 Å². The summed E-state index contributed by atoms with van der Waals surface area (Å²) in [6, 6.07) is 6.76. The highest BCUT2D eigenvalue weighted by Gasteiger charge is 2.18. The molecule has 1 aromatic carbocycles. The molecule has 0 aliphatic carbocycles. The molecule has 1 aliphatic rings. The maximum absolute atomic E-state index is 12.6. The van der Waals surface area contributed by atoms with Crippen molar-refractivity contribution in [3.63, 3.8) is 0 Å². The Bertz CT molecular complexity index is 281. The number of hydrogen-bond donors (Lipinski definition) is 0. The van der Waals surface area contributed by atoms with E-state index in [9.17, 15) is 4.39 Å². The lowest BCUT2D eigenvalue weighted by atomic mass is 10.2. The summed E-state index contributed by atoms with van der Waals surface area (Å²) in [7, 11) is 0. The number of hydrogen-bond acceptors (Lipinski definition) is 1. The fourth-order valence-corrected chi connectivity index (χ4v) is 1.82. The minimum atomic E-state index is -0.156. The summed E-state index contributed by atoms with van der Waals surface area (Å²) in [5.41, 5.74) is 1.14. The molecule has 0 aromatic heterocycles. The normalized spacial score (nSPS) is 22.3. The van der Waals surface area contributed by atoms with Gasteiger partial charge in [-0.25, -0.2) is 4.39 Å². The lowest BCUT2D eigenvalue weighted by Crippen LogP contribution is -2.18. The average molecular weight is 179 g/mol. The molecule has 0 unspecified atom stereocenters. The maximum atomic E-state index is 12.6. The van der Waals surface area contributed by atoms with Crippen LogP contribution in [0.5, 0.6) is 0 Å². The Balaban J connectivity index is 2.13. The second-order valence-corrected chi connectivity index (χ2v) is 3.82. The Morgan fingerprint density at radius 1 is 1.31 bits per heavy atom. The van der Waals surface area contributed by atoms with Crippen LogP contribution in [0.1, 0.15) is 13.3 Å². The number of halogens is 1. The standard InChI is InChI=1S/C11H14FN/c1-9-6-7-13(8-9)11-4-2-10(12)3-5-11/h2-5,9H,6-8H2,1H3/t9-/m1/s1. The predicted octanol–water partition coefficient (Wildman–Crippen LogP) is 2.67. The number of nitrogens with zero attached hydrogens (tertiary/aromatic N) is 1. The van der Waals surface area contributed by atoms with Gasteiger partial charge in [0.2, 0.25) is 0 Å². The van der Waals surface area contributed by atoms with Crippen molar-refractivity contribution in [3.8, 4) is 0 Å². The minimum Gasteiger partial charge on any atom is -0.371 e. The van der Waals surface area contributed by atoms with Gasteiger partial charge in [0.15, 0.2) is 0 Å². The van der Waals surface area contributed by atoms with Gasteiger partial charge in [-0.2, -0.15) is 0 Å². The molecule has 70 valence electrons. The molecule has 1 nitrogen and oxygen atoms in total. The molecule has 13 heavy (non-hydrogen) atoms. The number of anilines is 1. The Labute approximate surface area is 78.2 Å². The Kier molecular flexibility index (Phi) is 2.21. The summed E-state index contributed by atoms with van der Waals surface area (Å²) in [5.74, 6) is 0.612. The van der Waals surface area contributed by atoms with Crippen molar-refractivity contribution in [2.24, 2.45) is 5.92 Å². The van der Waals surface area contributed by atoms with Crippen LogP contribution in [-0.2, 0) is 0 Å². The molecule has 0 spiro atoms. The first-order chi connectivity index (χ1) is 6.25. The summed E-state index contributed by atoms with van der Waals surface area (Å²) in [4.78, 5) is 2.31. The second-order valence-electron chi connectivity index (χ2n) is 3.82. The van der Waals surface area contributed by atoms with Crippen molar-refractivity contribution >= 4 is 5.69 Å². The van der Waals surface area contributed by atoms with Crippen LogP contribution in [0.2, 0.25) is 0 Å². The molecular weight excluding hydrogens is 165 g/mol. The lowest BCUT2D eigenvalue weighted by Gasteiger charge is -2.17. The van der Waals surface area contributed by atoms with Crippen molar-refractivity contribution in [2.45, 2.75) is 13.3 Å². The third-order valence-corrected chi connectivity index (χ3v) is 2.62. The molecule has 1 aliphatic heterocycles. The molecule has 2 rings (SSSR count). The smallest absolute Gasteiger partial charge is 0.123 e. The second kappa shape index (κ2) is 3.36. The minimum absolute atomic E-state index is 0.156. The zero-order valence-corrected chi connectivity index (χ0v) is 7.83. The maximum Gasteiger partial charge on any atom is 0.123 e. The van der Waals surface area contributed by atoms with E-state index >= 15 is 0 Å². The van der Waals surface area contributed by atoms with Crippen molar-refractivity contribution in [3.05, 3.63) is 30.1 Å². The van der Waals surface area contributed by atoms with Crippen molar-refractivity contribution < 1.29 is 4.39 Å². The van der Waals surface area contributed by atoms with E-state index in [1.165, 1.54) is 18.6 Å². The summed E-state index contributed by atoms with van der Waals surface area (Å²) in [6.07, 6.45) is 1.25. The molecular formula is C11H14FN. The first-order valence-corrected chi connectivity index (χ1v) is 4.76. The van der Waals surface area contributed by atoms with Gasteiger partial charge in [0, 0.05) is 18.8 Å². The fourth-order valence-electron chi connectivity index (χ4n) is 1.82. The summed E-state index contributed by atoms with van der Waals surface area (Å²) < 4.78 is 12.6. The quantitative estimate of drug-likeness (QED) is 0.640. The zero-order chi connectivity index (χ0) is 9.26. The Morgan fingerprint density at radius 3 is 2.54 bits per heavy atom. The van der Waals surface area contributed by atoms with Crippen molar-refractivity contribution in [1.29, 1.82) is 0 Å². The third-order valence-electron chi connectivity index (χ3n) is 2.62. The van der Waals surface area contributed by atoms with Crippen LogP contribution < -0.4 is 4.90 Å². The highest BCUT2D eigenvalue weighted by molar-refractivity contribution is 5.47. The van der Waals surface area contributed by atoms with Crippen molar-refractivity contribution in [2.75, 3.05) is 18.0 Å². The van der Waals surface area contributed by atoms with E-state index in [0.717, 1.165) is 24.7 Å². The van der Waals surface area contributed by atoms with Crippen LogP contribution >= 0.6 is 0 Å². The van der Waals surface area contributed by atoms with Crippen LogP contribution in [0, 0.1) is 11.7 Å². The van der Waals surface area contributed by atoms with Gasteiger partial charge in [-0.3, -0.25) is 0 Å². The molecule has 1 atom stereocenters. The molecule has 0 saturated carbocycles. The molecule has 1 fully saturated rings. The van der Waals surface area contributed by atoms with E-state index in [0.29, 0.717) is 0 Å². The van der Waals surface area contributed by atoms with Crippen molar-refractivity contribution in [1.82, 2.24) is 0 Å². The SMILES string of the molecule is C[C@@H]1CCN(c2ccc(F)cc2)C1. The molecule has 2 heteroatoms. The molecule has 0 bridgehead atoms. The first kappa shape index (κ1) is 8.54. The molecule has 1 saturated heterocycles. The summed E-state index contributed by atoms with van der Waals surface area (Å²) in [6.45, 7) is 4.46. The van der Waals surface area contributed by atoms with Gasteiger partial charge < -0.3 is 4.90 Å². The molecule has 0 amide bonds. The van der Waals surface area contributed by atoms with Crippen LogP contribution in [0.3, 0.4) is 0 Å². The largest absolute Gasteiger partial charge is 0.371 e. The zero-order valence-electron chi connectivity index (χ0n) is 7.83. The molecule has 1 aromatic rings. The highest BCUT2D eigenvalue weighted by atomic mass is 19.1. The van der Waals surface area contributed by atoms with E-state index in [-0.39, 0.29) is 5.82 Å². The summed E-state index contributed by atoms with van der Waals surface area (Å²) in [5, 5.41) is 0. The monoisotopic (exact) mass is 179 g/mol. The molecule has 0 radical (unpaired) electrons. The fraction of sp³-hybridized carbons (Fsp3) is 0.455. The number of rotatable bonds is 1. The van der Waals surface area contributed by atoms with Gasteiger partial charge in [-0.05, 0) is 36.6 Å². The molecule has 0 N–H and O–H groups in total. The number of benzene rings is 1.